The Kier molecular flexibility index (Phi) is 4.97. The van der Waals surface area contributed by atoms with Gasteiger partial charge >= 0.3 is 0 Å². The normalized spacial score (nSPS) is 17.9. The van der Waals surface area contributed by atoms with E-state index >= 15 is 0 Å². The van der Waals surface area contributed by atoms with Crippen molar-refractivity contribution in [1.29, 1.82) is 0 Å². The first-order valence-corrected chi connectivity index (χ1v) is 7.63. The molecular weight excluding hydrogens is 301 g/mol. The molecule has 0 radical (unpaired) electrons. The maximum atomic E-state index is 12.1. The number of aldehydes is 1. The number of hydrogen-bond acceptors (Lipinski definition) is 5. The minimum absolute atomic E-state index is 0.0186. The van der Waals surface area contributed by atoms with E-state index in [-0.39, 0.29) is 12.8 Å². The molecule has 1 unspecified atom stereocenters. The second kappa shape index (κ2) is 7.32. The van der Waals surface area contributed by atoms with E-state index in [0.717, 1.165) is 31.1 Å². The van der Waals surface area contributed by atoms with Gasteiger partial charge in [-0.15, -0.1) is 0 Å². The van der Waals surface area contributed by atoms with Gasteiger partial charge in [-0.2, -0.15) is 5.10 Å². The van der Waals surface area contributed by atoms with E-state index in [1.165, 1.54) is 0 Å². The number of aromatic nitrogens is 3. The van der Waals surface area contributed by atoms with Gasteiger partial charge in [0.2, 0.25) is 5.88 Å². The van der Waals surface area contributed by atoms with Gasteiger partial charge in [0.1, 0.15) is 19.0 Å². The SMILES string of the molecule is O=Cc1cc(-c2ccc(OCCF)nc2)nn1C1CCCCO1. The first-order chi connectivity index (χ1) is 11.3. The summed E-state index contributed by atoms with van der Waals surface area (Å²) in [6.07, 6.45) is 5.11. The van der Waals surface area contributed by atoms with Crippen molar-refractivity contribution in [3.63, 3.8) is 0 Å². The lowest BCUT2D eigenvalue weighted by Crippen LogP contribution is -2.20. The van der Waals surface area contributed by atoms with Crippen molar-refractivity contribution in [3.8, 4) is 17.1 Å². The maximum Gasteiger partial charge on any atom is 0.213 e. The lowest BCUT2D eigenvalue weighted by molar-refractivity contribution is -0.0401. The van der Waals surface area contributed by atoms with E-state index in [4.69, 9.17) is 9.47 Å². The second-order valence-corrected chi connectivity index (χ2v) is 5.26. The Morgan fingerprint density at radius 3 is 3.00 bits per heavy atom. The summed E-state index contributed by atoms with van der Waals surface area (Å²) in [5.41, 5.74) is 1.88. The van der Waals surface area contributed by atoms with Crippen molar-refractivity contribution < 1.29 is 18.7 Å². The van der Waals surface area contributed by atoms with E-state index in [1.807, 2.05) is 0 Å². The van der Waals surface area contributed by atoms with Gasteiger partial charge in [0, 0.05) is 24.4 Å². The predicted molar refractivity (Wildman–Crippen MR) is 81.2 cm³/mol. The zero-order chi connectivity index (χ0) is 16.1. The van der Waals surface area contributed by atoms with Crippen molar-refractivity contribution in [2.45, 2.75) is 25.5 Å². The molecule has 1 fully saturated rings. The molecule has 1 aliphatic heterocycles. The molecule has 1 aliphatic rings. The molecule has 7 heteroatoms. The largest absolute Gasteiger partial charge is 0.475 e. The fraction of sp³-hybridized carbons (Fsp3) is 0.438. The lowest BCUT2D eigenvalue weighted by atomic mass is 10.2. The zero-order valence-corrected chi connectivity index (χ0v) is 12.7. The lowest BCUT2D eigenvalue weighted by Gasteiger charge is -2.23. The average molecular weight is 319 g/mol. The molecule has 0 N–H and O–H groups in total. The van der Waals surface area contributed by atoms with Crippen LogP contribution in [-0.4, -0.2) is 40.9 Å². The third-order valence-electron chi connectivity index (χ3n) is 3.67. The van der Waals surface area contributed by atoms with E-state index < -0.39 is 6.67 Å². The molecule has 0 spiro atoms. The summed E-state index contributed by atoms with van der Waals surface area (Å²) in [5, 5.41) is 4.49. The Hall–Kier alpha value is -2.28. The Balaban J connectivity index is 1.82. The molecule has 3 heterocycles. The third-order valence-corrected chi connectivity index (χ3v) is 3.67. The first kappa shape index (κ1) is 15.6. The number of hydrogen-bond donors (Lipinski definition) is 0. The van der Waals surface area contributed by atoms with Crippen LogP contribution in [0, 0.1) is 0 Å². The van der Waals surface area contributed by atoms with Crippen LogP contribution in [0.3, 0.4) is 0 Å². The molecule has 0 bridgehead atoms. The Labute approximate surface area is 133 Å². The molecule has 122 valence electrons. The van der Waals surface area contributed by atoms with Gasteiger partial charge < -0.3 is 9.47 Å². The Morgan fingerprint density at radius 1 is 1.43 bits per heavy atom. The van der Waals surface area contributed by atoms with Gasteiger partial charge in [-0.25, -0.2) is 14.1 Å². The number of ether oxygens (including phenoxy) is 2. The minimum Gasteiger partial charge on any atom is -0.475 e. The highest BCUT2D eigenvalue weighted by Crippen LogP contribution is 2.26. The number of rotatable bonds is 6. The zero-order valence-electron chi connectivity index (χ0n) is 12.7. The molecular formula is C16H18FN3O3. The highest BCUT2D eigenvalue weighted by atomic mass is 19.1. The summed E-state index contributed by atoms with van der Waals surface area (Å²) < 4.78 is 24.5. The number of pyridine rings is 1. The quantitative estimate of drug-likeness (QED) is 0.766. The summed E-state index contributed by atoms with van der Waals surface area (Å²) in [6, 6.07) is 5.15. The van der Waals surface area contributed by atoms with Crippen LogP contribution in [0.25, 0.3) is 11.3 Å². The summed E-state index contributed by atoms with van der Waals surface area (Å²) in [4.78, 5) is 15.4. The average Bonchev–Trinajstić information content (AvgIpc) is 3.05. The summed E-state index contributed by atoms with van der Waals surface area (Å²) in [7, 11) is 0. The van der Waals surface area contributed by atoms with Crippen molar-refractivity contribution >= 4 is 6.29 Å². The van der Waals surface area contributed by atoms with Crippen LogP contribution in [0.4, 0.5) is 4.39 Å². The van der Waals surface area contributed by atoms with Crippen LogP contribution in [0.15, 0.2) is 24.4 Å². The monoisotopic (exact) mass is 319 g/mol. The smallest absolute Gasteiger partial charge is 0.213 e. The van der Waals surface area contributed by atoms with Gasteiger partial charge in [0.15, 0.2) is 12.5 Å². The Morgan fingerprint density at radius 2 is 2.35 bits per heavy atom. The van der Waals surface area contributed by atoms with Crippen molar-refractivity contribution in [3.05, 3.63) is 30.1 Å². The predicted octanol–water partition coefficient (Wildman–Crippen LogP) is 2.81. The van der Waals surface area contributed by atoms with Crippen molar-refractivity contribution in [1.82, 2.24) is 14.8 Å². The highest BCUT2D eigenvalue weighted by Gasteiger charge is 2.20. The molecule has 6 nitrogen and oxygen atoms in total. The number of carbonyl (C=O) groups excluding carboxylic acids is 1. The van der Waals surface area contributed by atoms with Crippen LogP contribution < -0.4 is 4.74 Å². The Bertz CT molecular complexity index is 651. The van der Waals surface area contributed by atoms with Crippen LogP contribution >= 0.6 is 0 Å². The van der Waals surface area contributed by atoms with E-state index in [0.29, 0.717) is 23.9 Å². The molecule has 2 aromatic heterocycles. The van der Waals surface area contributed by atoms with E-state index in [1.54, 1.807) is 29.1 Å². The molecule has 23 heavy (non-hydrogen) atoms. The van der Waals surface area contributed by atoms with Gasteiger partial charge in [0.05, 0.1) is 5.69 Å². The summed E-state index contributed by atoms with van der Waals surface area (Å²) >= 11 is 0. The van der Waals surface area contributed by atoms with Gasteiger partial charge in [-0.3, -0.25) is 4.79 Å². The van der Waals surface area contributed by atoms with Gasteiger partial charge in [-0.05, 0) is 31.4 Å². The third kappa shape index (κ3) is 3.56. The van der Waals surface area contributed by atoms with Gasteiger partial charge in [0.25, 0.3) is 0 Å². The van der Waals surface area contributed by atoms with Crippen molar-refractivity contribution in [2.24, 2.45) is 0 Å². The molecule has 0 aliphatic carbocycles. The van der Waals surface area contributed by atoms with E-state index in [9.17, 15) is 9.18 Å². The molecule has 1 atom stereocenters. The van der Waals surface area contributed by atoms with Gasteiger partial charge in [-0.1, -0.05) is 0 Å². The second-order valence-electron chi connectivity index (χ2n) is 5.26. The molecule has 3 rings (SSSR count). The molecule has 1 saturated heterocycles. The highest BCUT2D eigenvalue weighted by molar-refractivity contribution is 5.75. The molecule has 0 amide bonds. The minimum atomic E-state index is -0.558. The number of nitrogens with zero attached hydrogens (tertiary/aromatic N) is 3. The fourth-order valence-corrected chi connectivity index (χ4v) is 2.55. The van der Waals surface area contributed by atoms with Crippen LogP contribution in [0.2, 0.25) is 0 Å². The standard InChI is InChI=1S/C16H18FN3O3/c17-6-8-22-15-5-4-12(10-18-15)14-9-13(11-21)20(19-14)16-3-1-2-7-23-16/h4-5,9-11,16H,1-3,6-8H2. The number of carbonyl (C=O) groups is 1. The number of halogens is 1. The molecule has 0 saturated carbocycles. The summed E-state index contributed by atoms with van der Waals surface area (Å²) in [5.74, 6) is 0.358. The van der Waals surface area contributed by atoms with E-state index in [2.05, 4.69) is 10.1 Å². The fourth-order valence-electron chi connectivity index (χ4n) is 2.55. The topological polar surface area (TPSA) is 66.2 Å². The van der Waals surface area contributed by atoms with Crippen LogP contribution in [-0.2, 0) is 4.74 Å². The summed E-state index contributed by atoms with van der Waals surface area (Å²) in [6.45, 7) is 0.105. The van der Waals surface area contributed by atoms with Crippen molar-refractivity contribution in [2.75, 3.05) is 19.9 Å². The molecule has 2 aromatic rings. The van der Waals surface area contributed by atoms with Crippen LogP contribution in [0.1, 0.15) is 36.0 Å². The number of alkyl halides is 1. The maximum absolute atomic E-state index is 12.1. The van der Waals surface area contributed by atoms with Crippen LogP contribution in [0.5, 0.6) is 5.88 Å². The molecule has 0 aromatic carbocycles. The first-order valence-electron chi connectivity index (χ1n) is 7.63.